The van der Waals surface area contributed by atoms with Gasteiger partial charge in [0.25, 0.3) is 5.91 Å². The van der Waals surface area contributed by atoms with E-state index < -0.39 is 5.97 Å². The highest BCUT2D eigenvalue weighted by Crippen LogP contribution is 2.22. The van der Waals surface area contributed by atoms with E-state index in [1.807, 2.05) is 30.3 Å². The van der Waals surface area contributed by atoms with Crippen LogP contribution in [0, 0.1) is 6.92 Å². The number of amides is 1. The number of hydrogen-bond donors (Lipinski definition) is 1. The molecule has 1 amide bonds. The third-order valence-corrected chi connectivity index (χ3v) is 4.21. The summed E-state index contributed by atoms with van der Waals surface area (Å²) in [6, 6.07) is 9.45. The average Bonchev–Trinajstić information content (AvgIpc) is 3.02. The molecule has 0 unspecified atom stereocenters. The van der Waals surface area contributed by atoms with E-state index in [2.05, 4.69) is 15.3 Å². The van der Waals surface area contributed by atoms with Crippen LogP contribution >= 0.6 is 0 Å². The maximum absolute atomic E-state index is 12.7. The Morgan fingerprint density at radius 3 is 2.77 bits per heavy atom. The standard InChI is InChI=1S/C18H19N5O3/c1-3-22(11-9-16(24)25)18(26)17-12(2)23(21-20-17)15-8-4-7-14-13(15)6-5-10-19-14/h4-8,10H,3,9,11H2,1-2H3,(H,24,25). The van der Waals surface area contributed by atoms with Crippen molar-refractivity contribution in [2.45, 2.75) is 20.3 Å². The summed E-state index contributed by atoms with van der Waals surface area (Å²) in [7, 11) is 0. The number of carboxylic acids is 1. The first-order valence-corrected chi connectivity index (χ1v) is 8.30. The summed E-state index contributed by atoms with van der Waals surface area (Å²) < 4.78 is 1.61. The van der Waals surface area contributed by atoms with E-state index in [1.165, 1.54) is 4.90 Å². The molecule has 134 valence electrons. The average molecular weight is 353 g/mol. The fourth-order valence-corrected chi connectivity index (χ4v) is 2.81. The zero-order valence-corrected chi connectivity index (χ0v) is 14.6. The highest BCUT2D eigenvalue weighted by atomic mass is 16.4. The first-order valence-electron chi connectivity index (χ1n) is 8.30. The number of nitrogens with zero attached hydrogens (tertiary/aromatic N) is 5. The van der Waals surface area contributed by atoms with E-state index in [0.29, 0.717) is 12.2 Å². The predicted molar refractivity (Wildman–Crippen MR) is 95.2 cm³/mol. The monoisotopic (exact) mass is 353 g/mol. The molecule has 0 bridgehead atoms. The van der Waals surface area contributed by atoms with Gasteiger partial charge in [-0.25, -0.2) is 4.68 Å². The Hall–Kier alpha value is -3.29. The van der Waals surface area contributed by atoms with Crippen LogP contribution in [0.25, 0.3) is 16.6 Å². The Kier molecular flexibility index (Phi) is 4.92. The molecule has 2 heterocycles. The van der Waals surface area contributed by atoms with Crippen molar-refractivity contribution in [2.75, 3.05) is 13.1 Å². The minimum absolute atomic E-state index is 0.109. The van der Waals surface area contributed by atoms with Crippen LogP contribution in [-0.2, 0) is 4.79 Å². The molecule has 26 heavy (non-hydrogen) atoms. The van der Waals surface area contributed by atoms with Crippen LogP contribution in [-0.4, -0.2) is 55.0 Å². The third-order valence-electron chi connectivity index (χ3n) is 4.21. The lowest BCUT2D eigenvalue weighted by Gasteiger charge is -2.18. The van der Waals surface area contributed by atoms with Crippen LogP contribution in [0.2, 0.25) is 0 Å². The molecule has 0 spiro atoms. The van der Waals surface area contributed by atoms with Gasteiger partial charge in [0.15, 0.2) is 5.69 Å². The summed E-state index contributed by atoms with van der Waals surface area (Å²) in [5.74, 6) is -1.27. The first kappa shape index (κ1) is 17.5. The fourth-order valence-electron chi connectivity index (χ4n) is 2.81. The Balaban J connectivity index is 1.97. The van der Waals surface area contributed by atoms with E-state index in [9.17, 15) is 9.59 Å². The van der Waals surface area contributed by atoms with Gasteiger partial charge in [0, 0.05) is 24.7 Å². The zero-order chi connectivity index (χ0) is 18.7. The number of rotatable bonds is 6. The number of benzene rings is 1. The molecule has 3 rings (SSSR count). The van der Waals surface area contributed by atoms with E-state index in [0.717, 1.165) is 16.6 Å². The lowest BCUT2D eigenvalue weighted by Crippen LogP contribution is -2.33. The van der Waals surface area contributed by atoms with Crippen LogP contribution in [0.15, 0.2) is 36.5 Å². The van der Waals surface area contributed by atoms with E-state index in [4.69, 9.17) is 5.11 Å². The fraction of sp³-hybridized carbons (Fsp3) is 0.278. The van der Waals surface area contributed by atoms with E-state index in [-0.39, 0.29) is 24.6 Å². The molecule has 0 aliphatic heterocycles. The molecule has 1 aromatic carbocycles. The minimum atomic E-state index is -0.945. The number of aliphatic carboxylic acids is 1. The van der Waals surface area contributed by atoms with Crippen LogP contribution in [0.3, 0.4) is 0 Å². The van der Waals surface area contributed by atoms with Crippen LogP contribution in [0.4, 0.5) is 0 Å². The summed E-state index contributed by atoms with van der Waals surface area (Å²) in [4.78, 5) is 29.3. The van der Waals surface area contributed by atoms with Crippen LogP contribution in [0.5, 0.6) is 0 Å². The second-order valence-electron chi connectivity index (χ2n) is 5.81. The second kappa shape index (κ2) is 7.30. The summed E-state index contributed by atoms with van der Waals surface area (Å²) in [5, 5.41) is 17.9. The molecule has 2 aromatic heterocycles. The van der Waals surface area contributed by atoms with Gasteiger partial charge in [-0.05, 0) is 38.1 Å². The highest BCUT2D eigenvalue weighted by Gasteiger charge is 2.23. The lowest BCUT2D eigenvalue weighted by molar-refractivity contribution is -0.137. The maximum atomic E-state index is 12.7. The minimum Gasteiger partial charge on any atom is -0.481 e. The number of carbonyl (C=O) groups excluding carboxylic acids is 1. The van der Waals surface area contributed by atoms with Gasteiger partial charge in [-0.15, -0.1) is 5.10 Å². The quantitative estimate of drug-likeness (QED) is 0.728. The van der Waals surface area contributed by atoms with Gasteiger partial charge < -0.3 is 10.0 Å². The number of aromatic nitrogens is 4. The Morgan fingerprint density at radius 1 is 1.23 bits per heavy atom. The van der Waals surface area contributed by atoms with Gasteiger partial charge in [0.05, 0.1) is 23.3 Å². The van der Waals surface area contributed by atoms with Crippen molar-refractivity contribution in [3.8, 4) is 5.69 Å². The number of fused-ring (bicyclic) bond motifs is 1. The third kappa shape index (κ3) is 3.26. The van der Waals surface area contributed by atoms with Crippen molar-refractivity contribution in [2.24, 2.45) is 0 Å². The second-order valence-corrected chi connectivity index (χ2v) is 5.81. The van der Waals surface area contributed by atoms with Gasteiger partial charge in [-0.1, -0.05) is 11.3 Å². The van der Waals surface area contributed by atoms with Crippen LogP contribution in [0.1, 0.15) is 29.5 Å². The number of hydrogen-bond acceptors (Lipinski definition) is 5. The summed E-state index contributed by atoms with van der Waals surface area (Å²) in [6.07, 6.45) is 1.61. The van der Waals surface area contributed by atoms with Crippen LogP contribution < -0.4 is 0 Å². The molecule has 0 aliphatic carbocycles. The molecule has 3 aromatic rings. The molecule has 0 fully saturated rings. The Bertz CT molecular complexity index is 961. The molecule has 1 N–H and O–H groups in total. The summed E-state index contributed by atoms with van der Waals surface area (Å²) >= 11 is 0. The summed E-state index contributed by atoms with van der Waals surface area (Å²) in [5.41, 5.74) is 2.43. The number of carbonyl (C=O) groups is 2. The topological polar surface area (TPSA) is 101 Å². The number of pyridine rings is 1. The van der Waals surface area contributed by atoms with Crippen molar-refractivity contribution in [1.29, 1.82) is 0 Å². The SMILES string of the molecule is CCN(CCC(=O)O)C(=O)c1nnn(-c2cccc3ncccc23)c1C. The van der Waals surface area contributed by atoms with Crippen molar-refractivity contribution in [1.82, 2.24) is 24.9 Å². The maximum Gasteiger partial charge on any atom is 0.305 e. The molecule has 0 atom stereocenters. The van der Waals surface area contributed by atoms with Gasteiger partial charge in [-0.2, -0.15) is 0 Å². The molecule has 0 saturated heterocycles. The molecule has 0 aliphatic rings. The Labute approximate surface area is 150 Å². The smallest absolute Gasteiger partial charge is 0.305 e. The first-order chi connectivity index (χ1) is 12.5. The molecular weight excluding hydrogens is 334 g/mol. The van der Waals surface area contributed by atoms with Gasteiger partial charge in [0.2, 0.25) is 0 Å². The highest BCUT2D eigenvalue weighted by molar-refractivity contribution is 5.94. The largest absolute Gasteiger partial charge is 0.481 e. The van der Waals surface area contributed by atoms with Crippen molar-refractivity contribution >= 4 is 22.8 Å². The van der Waals surface area contributed by atoms with E-state index >= 15 is 0 Å². The predicted octanol–water partition coefficient (Wildman–Crippen LogP) is 2.06. The van der Waals surface area contributed by atoms with Crippen molar-refractivity contribution in [3.63, 3.8) is 0 Å². The number of carboxylic acid groups (broad SMARTS) is 1. The molecule has 0 radical (unpaired) electrons. The molecule has 8 heteroatoms. The molecular formula is C18H19N5O3. The van der Waals surface area contributed by atoms with E-state index in [1.54, 1.807) is 24.7 Å². The van der Waals surface area contributed by atoms with Crippen molar-refractivity contribution in [3.05, 3.63) is 47.9 Å². The van der Waals surface area contributed by atoms with Gasteiger partial charge in [0.1, 0.15) is 0 Å². The normalized spacial score (nSPS) is 10.8. The molecule has 8 nitrogen and oxygen atoms in total. The Morgan fingerprint density at radius 2 is 2.04 bits per heavy atom. The van der Waals surface area contributed by atoms with Gasteiger partial charge >= 0.3 is 5.97 Å². The zero-order valence-electron chi connectivity index (χ0n) is 14.6. The van der Waals surface area contributed by atoms with Crippen molar-refractivity contribution < 1.29 is 14.7 Å². The lowest BCUT2D eigenvalue weighted by atomic mass is 10.1. The molecule has 0 saturated carbocycles. The van der Waals surface area contributed by atoms with Gasteiger partial charge in [-0.3, -0.25) is 14.6 Å². The summed E-state index contributed by atoms with van der Waals surface area (Å²) in [6.45, 7) is 4.11.